The summed E-state index contributed by atoms with van der Waals surface area (Å²) < 4.78 is 14.9. The van der Waals surface area contributed by atoms with E-state index in [0.717, 1.165) is 16.7 Å². The summed E-state index contributed by atoms with van der Waals surface area (Å²) in [6.45, 7) is 6.05. The van der Waals surface area contributed by atoms with Crippen LogP contribution in [0.2, 0.25) is 5.02 Å². The fourth-order valence-electron chi connectivity index (χ4n) is 3.99. The predicted octanol–water partition coefficient (Wildman–Crippen LogP) is 3.84. The average Bonchev–Trinajstić information content (AvgIpc) is 3.30. The summed E-state index contributed by atoms with van der Waals surface area (Å²) in [6, 6.07) is 11.2. The fourth-order valence-corrected chi connectivity index (χ4v) is 4.33. The Hall–Kier alpha value is -2.84. The van der Waals surface area contributed by atoms with Gasteiger partial charge in [0.05, 0.1) is 5.69 Å². The third kappa shape index (κ3) is 5.31. The number of nitrogens with zero attached hydrogens (tertiary/aromatic N) is 5. The molecule has 9 heteroatoms. The summed E-state index contributed by atoms with van der Waals surface area (Å²) in [7, 11) is 0. The third-order valence-corrected chi connectivity index (χ3v) is 5.97. The zero-order valence-electron chi connectivity index (χ0n) is 18.1. The number of nitrogens with one attached hydrogen (secondary N) is 1. The van der Waals surface area contributed by atoms with Gasteiger partial charge in [0.2, 0.25) is 0 Å². The first kappa shape index (κ1) is 22.4. The highest BCUT2D eigenvalue weighted by Crippen LogP contribution is 2.31. The maximum atomic E-state index is 13.4. The molecule has 1 N–H and O–H groups in total. The van der Waals surface area contributed by atoms with Gasteiger partial charge in [-0.05, 0) is 72.5 Å². The van der Waals surface area contributed by atoms with E-state index in [9.17, 15) is 9.18 Å². The molecule has 0 saturated carbocycles. The van der Waals surface area contributed by atoms with Gasteiger partial charge >= 0.3 is 0 Å². The van der Waals surface area contributed by atoms with E-state index in [1.165, 1.54) is 11.0 Å². The Balaban J connectivity index is 1.58. The first-order valence-corrected chi connectivity index (χ1v) is 11.1. The maximum absolute atomic E-state index is 13.4. The van der Waals surface area contributed by atoms with Crippen molar-refractivity contribution in [2.45, 2.75) is 38.9 Å². The molecular weight excluding hydrogens is 431 g/mol. The molecule has 4 rings (SSSR count). The maximum Gasteiger partial charge on any atom is 0.251 e. The minimum Gasteiger partial charge on any atom is -0.348 e. The lowest BCUT2D eigenvalue weighted by molar-refractivity contribution is 0.0913. The number of tetrazole rings is 1. The van der Waals surface area contributed by atoms with Gasteiger partial charge in [-0.25, -0.2) is 9.07 Å². The van der Waals surface area contributed by atoms with Crippen molar-refractivity contribution >= 4 is 17.5 Å². The molecule has 32 heavy (non-hydrogen) atoms. The highest BCUT2D eigenvalue weighted by Gasteiger charge is 2.21. The van der Waals surface area contributed by atoms with E-state index in [1.807, 2.05) is 44.2 Å². The van der Waals surface area contributed by atoms with E-state index in [2.05, 4.69) is 25.7 Å². The van der Waals surface area contributed by atoms with E-state index in [1.54, 1.807) is 6.07 Å². The molecule has 7 nitrogen and oxygen atoms in total. The number of aromatic nitrogens is 4. The highest BCUT2D eigenvalue weighted by molar-refractivity contribution is 6.33. The van der Waals surface area contributed by atoms with Gasteiger partial charge in [-0.15, -0.1) is 5.10 Å². The Labute approximate surface area is 191 Å². The molecule has 3 aromatic rings. The van der Waals surface area contributed by atoms with Crippen molar-refractivity contribution in [3.63, 3.8) is 0 Å². The molecule has 168 valence electrons. The monoisotopic (exact) mass is 456 g/mol. The predicted molar refractivity (Wildman–Crippen MR) is 122 cm³/mol. The van der Waals surface area contributed by atoms with Gasteiger partial charge in [-0.3, -0.25) is 4.79 Å². The Kier molecular flexibility index (Phi) is 6.81. The number of hydrogen-bond acceptors (Lipinski definition) is 5. The van der Waals surface area contributed by atoms with Crippen LogP contribution in [-0.2, 0) is 0 Å². The molecular formula is C23H26ClFN6O. The molecule has 1 aliphatic heterocycles. The van der Waals surface area contributed by atoms with E-state index in [0.29, 0.717) is 48.7 Å². The van der Waals surface area contributed by atoms with Crippen molar-refractivity contribution in [3.05, 3.63) is 58.9 Å². The average molecular weight is 457 g/mol. The normalized spacial score (nSPS) is 16.1. The summed E-state index contributed by atoms with van der Waals surface area (Å²) >= 11 is 6.50. The van der Waals surface area contributed by atoms with Crippen molar-refractivity contribution in [1.29, 1.82) is 0 Å². The number of alkyl halides is 1. The molecule has 1 saturated heterocycles. The lowest BCUT2D eigenvalue weighted by atomic mass is 10.00. The van der Waals surface area contributed by atoms with E-state index in [-0.39, 0.29) is 11.9 Å². The smallest absolute Gasteiger partial charge is 0.251 e. The number of halogens is 2. The van der Waals surface area contributed by atoms with Crippen LogP contribution in [0, 0.1) is 6.92 Å². The van der Waals surface area contributed by atoms with Crippen LogP contribution in [0.15, 0.2) is 42.7 Å². The lowest BCUT2D eigenvalue weighted by Gasteiger charge is -2.30. The molecule has 0 bridgehead atoms. The summed E-state index contributed by atoms with van der Waals surface area (Å²) in [5, 5.41) is 15.0. The zero-order valence-corrected chi connectivity index (χ0v) is 18.9. The topological polar surface area (TPSA) is 75.9 Å². The fraction of sp³-hybridized carbons (Fsp3) is 0.391. The van der Waals surface area contributed by atoms with Crippen LogP contribution in [0.3, 0.4) is 0 Å². The molecule has 1 aliphatic rings. The Bertz CT molecular complexity index is 1080. The van der Waals surface area contributed by atoms with Crippen LogP contribution in [0.1, 0.15) is 35.7 Å². The first-order valence-electron chi connectivity index (χ1n) is 10.7. The van der Waals surface area contributed by atoms with Crippen molar-refractivity contribution in [3.8, 4) is 16.8 Å². The number of hydrogen-bond donors (Lipinski definition) is 1. The largest absolute Gasteiger partial charge is 0.348 e. The Morgan fingerprint density at radius 3 is 2.72 bits per heavy atom. The number of carbonyl (C=O) groups is 1. The number of carbonyl (C=O) groups excluding carboxylic acids is 1. The number of rotatable bonds is 6. The molecule has 2 heterocycles. The zero-order chi connectivity index (χ0) is 22.7. The van der Waals surface area contributed by atoms with E-state index in [4.69, 9.17) is 11.6 Å². The molecule has 0 spiro atoms. The van der Waals surface area contributed by atoms with Crippen molar-refractivity contribution in [2.24, 2.45) is 0 Å². The minimum absolute atomic E-state index is 0.0817. The second kappa shape index (κ2) is 9.75. The Morgan fingerprint density at radius 2 is 2.03 bits per heavy atom. The van der Waals surface area contributed by atoms with E-state index >= 15 is 0 Å². The third-order valence-electron chi connectivity index (χ3n) is 5.66. The van der Waals surface area contributed by atoms with Gasteiger partial charge in [-0.1, -0.05) is 23.7 Å². The second-order valence-electron chi connectivity index (χ2n) is 8.36. The number of likely N-dealkylation sites (tertiary alicyclic amines) is 1. The molecule has 1 amide bonds. The summed E-state index contributed by atoms with van der Waals surface area (Å²) in [4.78, 5) is 15.3. The first-order chi connectivity index (χ1) is 15.4. The van der Waals surface area contributed by atoms with Gasteiger partial charge in [-0.2, -0.15) is 0 Å². The van der Waals surface area contributed by atoms with Gasteiger partial charge < -0.3 is 10.2 Å². The number of aryl methyl sites for hydroxylation is 1. The van der Waals surface area contributed by atoms with Crippen molar-refractivity contribution < 1.29 is 9.18 Å². The highest BCUT2D eigenvalue weighted by atomic mass is 35.5. The molecule has 0 unspecified atom stereocenters. The van der Waals surface area contributed by atoms with Crippen LogP contribution >= 0.6 is 11.6 Å². The van der Waals surface area contributed by atoms with Gasteiger partial charge in [0.25, 0.3) is 5.91 Å². The minimum atomic E-state index is -0.711. The number of amides is 1. The van der Waals surface area contributed by atoms with Crippen LogP contribution in [0.5, 0.6) is 0 Å². The molecule has 1 aromatic heterocycles. The summed E-state index contributed by atoms with van der Waals surface area (Å²) in [5.74, 6) is -0.197. The van der Waals surface area contributed by atoms with Gasteiger partial charge in [0, 0.05) is 41.8 Å². The summed E-state index contributed by atoms with van der Waals surface area (Å²) in [5.41, 5.74) is 3.82. The summed E-state index contributed by atoms with van der Waals surface area (Å²) in [6.07, 6.45) is 1.87. The standard InChI is InChI=1S/C23H26ClFN6O/c1-15-3-4-21(22(24)9-15)17-10-18(12-20(11-17)31-14-26-28-29-31)23(32)27-16(2)13-30-7-5-19(25)6-8-30/h3-4,9-12,14,16,19H,5-8,13H2,1-2H3,(H,27,32)/t16-/m1/s1. The van der Waals surface area contributed by atoms with Crippen molar-refractivity contribution in [2.75, 3.05) is 19.6 Å². The Morgan fingerprint density at radius 1 is 1.25 bits per heavy atom. The molecule has 1 fully saturated rings. The molecule has 1 atom stereocenters. The lowest BCUT2D eigenvalue weighted by Crippen LogP contribution is -2.45. The van der Waals surface area contributed by atoms with Gasteiger partial charge in [0.15, 0.2) is 0 Å². The van der Waals surface area contributed by atoms with Gasteiger partial charge in [0.1, 0.15) is 12.5 Å². The number of piperidine rings is 1. The van der Waals surface area contributed by atoms with Crippen LogP contribution in [0.4, 0.5) is 4.39 Å². The second-order valence-corrected chi connectivity index (χ2v) is 8.76. The van der Waals surface area contributed by atoms with Crippen molar-refractivity contribution in [1.82, 2.24) is 30.4 Å². The number of benzene rings is 2. The SMILES string of the molecule is Cc1ccc(-c2cc(C(=O)N[C@H](C)CN3CCC(F)CC3)cc(-n3cnnn3)c2)c(Cl)c1. The van der Waals surface area contributed by atoms with E-state index < -0.39 is 6.17 Å². The molecule has 0 radical (unpaired) electrons. The molecule has 0 aliphatic carbocycles. The van der Waals surface area contributed by atoms with Crippen LogP contribution in [-0.4, -0.2) is 62.9 Å². The van der Waals surface area contributed by atoms with Crippen LogP contribution in [0.25, 0.3) is 16.8 Å². The molecule has 2 aromatic carbocycles. The van der Waals surface area contributed by atoms with Crippen LogP contribution < -0.4 is 5.32 Å². The quantitative estimate of drug-likeness (QED) is 0.609.